The van der Waals surface area contributed by atoms with Crippen LogP contribution < -0.4 is 10.2 Å². The number of carbonyl (C=O) groups excluding carboxylic acids is 1. The number of aromatic nitrogens is 3. The van der Waals surface area contributed by atoms with Crippen LogP contribution in [0.4, 0.5) is 28.0 Å². The number of fused-ring (bicyclic) bond motifs is 1. The van der Waals surface area contributed by atoms with Crippen LogP contribution in [0.15, 0.2) is 53.7 Å². The molecule has 2 atom stereocenters. The van der Waals surface area contributed by atoms with Crippen LogP contribution in [0, 0.1) is 5.82 Å². The van der Waals surface area contributed by atoms with E-state index in [0.29, 0.717) is 29.1 Å². The molecular formula is C24H25F4N5O3S. The number of carbonyl (C=O) groups is 1. The minimum atomic E-state index is -4.71. The minimum absolute atomic E-state index is 0.00296. The molecule has 13 heteroatoms. The lowest BCUT2D eigenvalue weighted by Crippen LogP contribution is -2.55. The SMILES string of the molecule is CCC[C@H](NC(=O)N1c2cnn(-c3ccc(F)cc3)c2CCC1C(F)(F)F)c1cccc(S(C)(=O)=O)n1. The standard InChI is InChI=1S/C24H25F4N5O3S/c1-3-5-17(18-6-4-7-22(30-18)37(2,35)36)31-23(34)32-20-14-29-33(16-10-8-15(25)9-11-16)19(20)12-13-21(32)24(26,27)28/h4,6-11,14,17,21H,3,5,12-13H2,1-2H3,(H,31,34)/t17-,21?/m0/s1. The summed E-state index contributed by atoms with van der Waals surface area (Å²) < 4.78 is 80.8. The number of hydrogen-bond donors (Lipinski definition) is 1. The van der Waals surface area contributed by atoms with Gasteiger partial charge in [-0.2, -0.15) is 18.3 Å². The van der Waals surface area contributed by atoms with E-state index in [2.05, 4.69) is 15.4 Å². The number of halogens is 4. The molecule has 0 saturated carbocycles. The lowest BCUT2D eigenvalue weighted by atomic mass is 10.0. The van der Waals surface area contributed by atoms with Crippen molar-refractivity contribution in [1.82, 2.24) is 20.1 Å². The molecule has 1 N–H and O–H groups in total. The quantitative estimate of drug-likeness (QED) is 0.457. The lowest BCUT2D eigenvalue weighted by molar-refractivity contribution is -0.149. The van der Waals surface area contributed by atoms with Crippen LogP contribution in [0.5, 0.6) is 0 Å². The van der Waals surface area contributed by atoms with E-state index in [1.54, 1.807) is 0 Å². The number of nitrogens with zero attached hydrogens (tertiary/aromatic N) is 4. The first-order valence-electron chi connectivity index (χ1n) is 11.6. The van der Waals surface area contributed by atoms with Crippen LogP contribution >= 0.6 is 0 Å². The predicted octanol–water partition coefficient (Wildman–Crippen LogP) is 4.74. The Balaban J connectivity index is 1.71. The van der Waals surface area contributed by atoms with Crippen molar-refractivity contribution in [3.05, 3.63) is 65.9 Å². The highest BCUT2D eigenvalue weighted by molar-refractivity contribution is 7.90. The highest BCUT2D eigenvalue weighted by Gasteiger charge is 2.49. The zero-order chi connectivity index (χ0) is 27.0. The van der Waals surface area contributed by atoms with E-state index in [4.69, 9.17) is 0 Å². The van der Waals surface area contributed by atoms with Crippen LogP contribution in [-0.2, 0) is 16.3 Å². The molecule has 2 aromatic heterocycles. The van der Waals surface area contributed by atoms with Crippen molar-refractivity contribution in [2.45, 2.75) is 55.9 Å². The van der Waals surface area contributed by atoms with Crippen molar-refractivity contribution < 1.29 is 30.8 Å². The Morgan fingerprint density at radius 1 is 1.19 bits per heavy atom. The second-order valence-corrected chi connectivity index (χ2v) is 10.8. The van der Waals surface area contributed by atoms with Crippen LogP contribution in [0.1, 0.15) is 43.6 Å². The maximum atomic E-state index is 14.0. The number of urea groups is 1. The maximum Gasteiger partial charge on any atom is 0.409 e. The number of rotatable bonds is 6. The normalized spacial score (nSPS) is 16.8. The Bertz CT molecular complexity index is 1390. The lowest BCUT2D eigenvalue weighted by Gasteiger charge is -2.37. The Labute approximate surface area is 211 Å². The summed E-state index contributed by atoms with van der Waals surface area (Å²) in [4.78, 5) is 18.2. The van der Waals surface area contributed by atoms with E-state index < -0.39 is 46.4 Å². The van der Waals surface area contributed by atoms with Crippen LogP contribution in [0.3, 0.4) is 0 Å². The summed E-state index contributed by atoms with van der Waals surface area (Å²) in [6.07, 6.45) is -2.05. The number of benzene rings is 1. The van der Waals surface area contributed by atoms with Crippen molar-refractivity contribution in [1.29, 1.82) is 0 Å². The number of anilines is 1. The van der Waals surface area contributed by atoms with Gasteiger partial charge in [0.05, 0.1) is 35.0 Å². The predicted molar refractivity (Wildman–Crippen MR) is 128 cm³/mol. The van der Waals surface area contributed by atoms with Gasteiger partial charge in [-0.1, -0.05) is 19.4 Å². The molecule has 3 aromatic rings. The first-order valence-corrected chi connectivity index (χ1v) is 13.5. The molecule has 1 aliphatic heterocycles. The molecule has 0 spiro atoms. The highest BCUT2D eigenvalue weighted by atomic mass is 32.2. The van der Waals surface area contributed by atoms with Gasteiger partial charge < -0.3 is 5.32 Å². The Morgan fingerprint density at radius 3 is 2.51 bits per heavy atom. The molecule has 198 valence electrons. The number of hydrogen-bond acceptors (Lipinski definition) is 5. The Kier molecular flexibility index (Phi) is 7.27. The molecule has 0 radical (unpaired) electrons. The van der Waals surface area contributed by atoms with E-state index in [0.717, 1.165) is 6.26 Å². The van der Waals surface area contributed by atoms with Crippen molar-refractivity contribution in [2.24, 2.45) is 0 Å². The zero-order valence-corrected chi connectivity index (χ0v) is 20.9. The third kappa shape index (κ3) is 5.60. The summed E-state index contributed by atoms with van der Waals surface area (Å²) in [5, 5.41) is 6.61. The average molecular weight is 540 g/mol. The molecular weight excluding hydrogens is 514 g/mol. The van der Waals surface area contributed by atoms with E-state index in [1.807, 2.05) is 6.92 Å². The molecule has 0 fully saturated rings. The minimum Gasteiger partial charge on any atom is -0.329 e. The Morgan fingerprint density at radius 2 is 1.89 bits per heavy atom. The molecule has 37 heavy (non-hydrogen) atoms. The van der Waals surface area contributed by atoms with Gasteiger partial charge in [0.1, 0.15) is 11.9 Å². The molecule has 8 nitrogen and oxygen atoms in total. The molecule has 2 amide bonds. The maximum absolute atomic E-state index is 14.0. The molecule has 4 rings (SSSR count). The van der Waals surface area contributed by atoms with Gasteiger partial charge in [0.2, 0.25) is 0 Å². The fourth-order valence-corrected chi connectivity index (χ4v) is 4.97. The van der Waals surface area contributed by atoms with Crippen LogP contribution in [0.25, 0.3) is 5.69 Å². The van der Waals surface area contributed by atoms with E-state index in [-0.39, 0.29) is 22.8 Å². The summed E-state index contributed by atoms with van der Waals surface area (Å²) >= 11 is 0. The topological polar surface area (TPSA) is 97.2 Å². The fourth-order valence-electron chi connectivity index (χ4n) is 4.37. The number of alkyl halides is 3. The third-order valence-electron chi connectivity index (χ3n) is 6.10. The highest BCUT2D eigenvalue weighted by Crippen LogP contribution is 2.39. The number of nitrogens with one attached hydrogen (secondary N) is 1. The smallest absolute Gasteiger partial charge is 0.329 e. The summed E-state index contributed by atoms with van der Waals surface area (Å²) in [6.45, 7) is 1.82. The molecule has 1 unspecified atom stereocenters. The van der Waals surface area contributed by atoms with Crippen molar-refractivity contribution in [2.75, 3.05) is 11.2 Å². The molecule has 1 aliphatic rings. The van der Waals surface area contributed by atoms with Gasteiger partial charge >= 0.3 is 12.2 Å². The third-order valence-corrected chi connectivity index (χ3v) is 7.08. The number of pyridine rings is 1. The monoisotopic (exact) mass is 539 g/mol. The van der Waals surface area contributed by atoms with E-state index in [1.165, 1.54) is 53.3 Å². The van der Waals surface area contributed by atoms with Crippen molar-refractivity contribution >= 4 is 21.6 Å². The molecule has 1 aromatic carbocycles. The van der Waals surface area contributed by atoms with Gasteiger partial charge in [0, 0.05) is 6.26 Å². The van der Waals surface area contributed by atoms with Crippen molar-refractivity contribution in [3.63, 3.8) is 0 Å². The number of amides is 2. The second kappa shape index (κ2) is 10.1. The largest absolute Gasteiger partial charge is 0.409 e. The van der Waals surface area contributed by atoms with Crippen LogP contribution in [-0.4, -0.2) is 47.7 Å². The molecule has 0 saturated heterocycles. The van der Waals surface area contributed by atoms with Gasteiger partial charge in [-0.05, 0) is 55.7 Å². The zero-order valence-electron chi connectivity index (χ0n) is 20.0. The van der Waals surface area contributed by atoms with Crippen molar-refractivity contribution in [3.8, 4) is 5.69 Å². The van der Waals surface area contributed by atoms with Gasteiger partial charge in [0.25, 0.3) is 0 Å². The molecule has 3 heterocycles. The van der Waals surface area contributed by atoms with Gasteiger partial charge in [-0.25, -0.2) is 27.3 Å². The van der Waals surface area contributed by atoms with E-state index >= 15 is 0 Å². The summed E-state index contributed by atoms with van der Waals surface area (Å²) in [5.41, 5.74) is 1.04. The molecule has 0 aliphatic carbocycles. The fraction of sp³-hybridized carbons (Fsp3) is 0.375. The van der Waals surface area contributed by atoms with Gasteiger partial charge in [-0.15, -0.1) is 0 Å². The van der Waals surface area contributed by atoms with E-state index in [9.17, 15) is 30.8 Å². The summed E-state index contributed by atoms with van der Waals surface area (Å²) in [7, 11) is -3.63. The first-order chi connectivity index (χ1) is 17.4. The second-order valence-electron chi connectivity index (χ2n) is 8.79. The molecule has 0 bridgehead atoms. The average Bonchev–Trinajstić information content (AvgIpc) is 3.27. The summed E-state index contributed by atoms with van der Waals surface area (Å²) in [6, 6.07) is 5.68. The Hall–Kier alpha value is -3.48. The summed E-state index contributed by atoms with van der Waals surface area (Å²) in [5.74, 6) is -0.474. The van der Waals surface area contributed by atoms with Gasteiger partial charge in [-0.3, -0.25) is 4.90 Å². The van der Waals surface area contributed by atoms with Crippen LogP contribution in [0.2, 0.25) is 0 Å². The first kappa shape index (κ1) is 26.6. The number of sulfone groups is 1. The van der Waals surface area contributed by atoms with Gasteiger partial charge in [0.15, 0.2) is 14.9 Å².